The Balaban J connectivity index is 1.38. The molecule has 0 saturated heterocycles. The Labute approximate surface area is 149 Å². The summed E-state index contributed by atoms with van der Waals surface area (Å²) in [5.74, 6) is -0.248. The molecular formula is C19H17FN6. The molecule has 0 aliphatic rings. The van der Waals surface area contributed by atoms with Gasteiger partial charge in [-0.25, -0.2) is 14.1 Å². The lowest BCUT2D eigenvalue weighted by molar-refractivity contribution is 0.628. The van der Waals surface area contributed by atoms with Crippen LogP contribution < -0.4 is 5.32 Å². The zero-order valence-electron chi connectivity index (χ0n) is 13.9. The minimum Gasteiger partial charge on any atom is -0.308 e. The fourth-order valence-corrected chi connectivity index (χ4v) is 2.76. The van der Waals surface area contributed by atoms with E-state index in [0.717, 1.165) is 29.1 Å². The molecule has 4 rings (SSSR count). The quantitative estimate of drug-likeness (QED) is 0.562. The van der Waals surface area contributed by atoms with Crippen molar-refractivity contribution in [1.82, 2.24) is 30.3 Å². The highest BCUT2D eigenvalue weighted by Crippen LogP contribution is 2.21. The Bertz CT molecular complexity index is 958. The van der Waals surface area contributed by atoms with E-state index in [1.54, 1.807) is 29.3 Å². The Kier molecular flexibility index (Phi) is 4.53. The zero-order chi connectivity index (χ0) is 17.8. The highest BCUT2D eigenvalue weighted by molar-refractivity contribution is 5.62. The summed E-state index contributed by atoms with van der Waals surface area (Å²) in [4.78, 5) is 3.95. The first-order chi connectivity index (χ1) is 12.8. The summed E-state index contributed by atoms with van der Waals surface area (Å²) in [6, 6.07) is 14.5. The molecule has 0 spiro atoms. The lowest BCUT2D eigenvalue weighted by Crippen LogP contribution is -2.13. The second kappa shape index (κ2) is 7.28. The maximum atomic E-state index is 13.1. The number of nitrogens with one attached hydrogen (secondary N) is 2. The van der Waals surface area contributed by atoms with Gasteiger partial charge in [0.15, 0.2) is 0 Å². The molecule has 4 aromatic rings. The van der Waals surface area contributed by atoms with Crippen LogP contribution in [-0.2, 0) is 13.1 Å². The largest absolute Gasteiger partial charge is 0.308 e. The van der Waals surface area contributed by atoms with Crippen molar-refractivity contribution in [2.24, 2.45) is 0 Å². The number of rotatable bonds is 6. The summed E-state index contributed by atoms with van der Waals surface area (Å²) in [5, 5.41) is 14.6. The zero-order valence-corrected chi connectivity index (χ0v) is 13.9. The molecule has 0 aliphatic heterocycles. The van der Waals surface area contributed by atoms with Crippen LogP contribution in [0, 0.1) is 5.82 Å². The van der Waals surface area contributed by atoms with Crippen LogP contribution in [0.25, 0.3) is 16.9 Å². The molecule has 0 atom stereocenters. The second-order valence-electron chi connectivity index (χ2n) is 5.89. The Morgan fingerprint density at radius 1 is 1.00 bits per heavy atom. The van der Waals surface area contributed by atoms with E-state index in [9.17, 15) is 4.39 Å². The van der Waals surface area contributed by atoms with Gasteiger partial charge in [0, 0.05) is 24.2 Å². The number of hydrogen-bond acceptors (Lipinski definition) is 4. The fraction of sp³-hybridized carbons (Fsp3) is 0.105. The first kappa shape index (κ1) is 16.2. The summed E-state index contributed by atoms with van der Waals surface area (Å²) < 4.78 is 14.8. The molecule has 0 amide bonds. The maximum Gasteiger partial charge on any atom is 0.138 e. The molecular weight excluding hydrogens is 331 g/mol. The van der Waals surface area contributed by atoms with Crippen LogP contribution in [0.15, 0.2) is 67.4 Å². The predicted molar refractivity (Wildman–Crippen MR) is 95.9 cm³/mol. The van der Waals surface area contributed by atoms with Gasteiger partial charge in [-0.05, 0) is 42.0 Å². The molecule has 2 aromatic heterocycles. The van der Waals surface area contributed by atoms with E-state index in [2.05, 4.69) is 37.7 Å². The van der Waals surface area contributed by atoms with E-state index in [4.69, 9.17) is 0 Å². The highest BCUT2D eigenvalue weighted by atomic mass is 19.1. The van der Waals surface area contributed by atoms with Crippen molar-refractivity contribution in [2.75, 3.05) is 0 Å². The maximum absolute atomic E-state index is 13.1. The van der Waals surface area contributed by atoms with Crippen molar-refractivity contribution in [3.8, 4) is 16.9 Å². The van der Waals surface area contributed by atoms with Crippen LogP contribution in [0.3, 0.4) is 0 Å². The summed E-state index contributed by atoms with van der Waals surface area (Å²) in [5.41, 5.74) is 4.99. The summed E-state index contributed by atoms with van der Waals surface area (Å²) in [6.07, 6.45) is 4.97. The molecule has 2 aromatic carbocycles. The molecule has 2 N–H and O–H groups in total. The third-order valence-electron chi connectivity index (χ3n) is 4.11. The third kappa shape index (κ3) is 3.52. The summed E-state index contributed by atoms with van der Waals surface area (Å²) in [6.45, 7) is 1.39. The van der Waals surface area contributed by atoms with Gasteiger partial charge in [-0.2, -0.15) is 10.2 Å². The van der Waals surface area contributed by atoms with Crippen LogP contribution in [0.2, 0.25) is 0 Å². The van der Waals surface area contributed by atoms with Gasteiger partial charge >= 0.3 is 0 Å². The smallest absolute Gasteiger partial charge is 0.138 e. The number of aromatic amines is 1. The van der Waals surface area contributed by atoms with Crippen LogP contribution in [0.1, 0.15) is 11.1 Å². The average molecular weight is 348 g/mol. The van der Waals surface area contributed by atoms with Crippen LogP contribution in [0.4, 0.5) is 4.39 Å². The molecule has 130 valence electrons. The van der Waals surface area contributed by atoms with Gasteiger partial charge in [-0.3, -0.25) is 5.10 Å². The van der Waals surface area contributed by atoms with Crippen molar-refractivity contribution in [2.45, 2.75) is 13.1 Å². The molecule has 0 bridgehead atoms. The highest BCUT2D eigenvalue weighted by Gasteiger charge is 2.07. The average Bonchev–Trinajstić information content (AvgIpc) is 3.35. The van der Waals surface area contributed by atoms with E-state index in [0.29, 0.717) is 6.54 Å². The van der Waals surface area contributed by atoms with Crippen molar-refractivity contribution < 1.29 is 4.39 Å². The second-order valence-corrected chi connectivity index (χ2v) is 5.89. The molecule has 0 fully saturated rings. The fourth-order valence-electron chi connectivity index (χ4n) is 2.76. The van der Waals surface area contributed by atoms with E-state index in [1.807, 2.05) is 12.1 Å². The number of H-pyrrole nitrogens is 1. The van der Waals surface area contributed by atoms with Crippen LogP contribution >= 0.6 is 0 Å². The van der Waals surface area contributed by atoms with Crippen molar-refractivity contribution >= 4 is 0 Å². The molecule has 2 heterocycles. The van der Waals surface area contributed by atoms with Crippen molar-refractivity contribution in [3.05, 3.63) is 84.3 Å². The van der Waals surface area contributed by atoms with E-state index in [1.165, 1.54) is 24.0 Å². The molecule has 0 radical (unpaired) electrons. The summed E-state index contributed by atoms with van der Waals surface area (Å²) in [7, 11) is 0. The Morgan fingerprint density at radius 3 is 2.54 bits per heavy atom. The molecule has 7 heteroatoms. The first-order valence-corrected chi connectivity index (χ1v) is 8.22. The number of nitrogens with zero attached hydrogens (tertiary/aromatic N) is 4. The van der Waals surface area contributed by atoms with Gasteiger partial charge in [0.1, 0.15) is 18.5 Å². The van der Waals surface area contributed by atoms with Gasteiger partial charge < -0.3 is 5.32 Å². The molecule has 0 saturated carbocycles. The number of hydrogen-bond donors (Lipinski definition) is 2. The van der Waals surface area contributed by atoms with Gasteiger partial charge in [0.25, 0.3) is 0 Å². The van der Waals surface area contributed by atoms with Crippen molar-refractivity contribution in [3.63, 3.8) is 0 Å². The van der Waals surface area contributed by atoms with E-state index in [-0.39, 0.29) is 5.82 Å². The monoisotopic (exact) mass is 348 g/mol. The predicted octanol–water partition coefficient (Wildman–Crippen LogP) is 3.09. The SMILES string of the molecule is Fc1ccc(-c2[nH]ncc2CNCc2ccc(-n3cncn3)cc2)cc1. The van der Waals surface area contributed by atoms with Crippen LogP contribution in [-0.4, -0.2) is 25.0 Å². The van der Waals surface area contributed by atoms with Crippen molar-refractivity contribution in [1.29, 1.82) is 0 Å². The minimum atomic E-state index is -0.248. The number of halogens is 1. The minimum absolute atomic E-state index is 0.248. The van der Waals surface area contributed by atoms with Gasteiger partial charge in [0.05, 0.1) is 17.6 Å². The standard InChI is InChI=1S/C19H17FN6/c20-17-5-3-15(4-6-17)19-16(11-23-25-19)10-21-9-14-1-7-18(8-2-14)26-13-22-12-24-26/h1-8,11-13,21H,9-10H2,(H,23,25). The van der Waals surface area contributed by atoms with Gasteiger partial charge in [0.2, 0.25) is 0 Å². The molecule has 6 nitrogen and oxygen atoms in total. The van der Waals surface area contributed by atoms with E-state index < -0.39 is 0 Å². The number of benzene rings is 2. The Hall–Kier alpha value is -3.32. The summed E-state index contributed by atoms with van der Waals surface area (Å²) >= 11 is 0. The molecule has 0 unspecified atom stereocenters. The lowest BCUT2D eigenvalue weighted by Gasteiger charge is -2.07. The Morgan fingerprint density at radius 2 is 1.81 bits per heavy atom. The lowest BCUT2D eigenvalue weighted by atomic mass is 10.1. The van der Waals surface area contributed by atoms with Crippen LogP contribution in [0.5, 0.6) is 0 Å². The van der Waals surface area contributed by atoms with Gasteiger partial charge in [-0.1, -0.05) is 12.1 Å². The first-order valence-electron chi connectivity index (χ1n) is 8.22. The van der Waals surface area contributed by atoms with Gasteiger partial charge in [-0.15, -0.1) is 0 Å². The number of aromatic nitrogens is 5. The third-order valence-corrected chi connectivity index (χ3v) is 4.11. The molecule has 26 heavy (non-hydrogen) atoms. The van der Waals surface area contributed by atoms with E-state index >= 15 is 0 Å². The normalized spacial score (nSPS) is 11.0. The topological polar surface area (TPSA) is 71.4 Å². The molecule has 0 aliphatic carbocycles.